The highest BCUT2D eigenvalue weighted by Gasteiger charge is 2.45. The summed E-state index contributed by atoms with van der Waals surface area (Å²) >= 11 is 0. The first-order valence-electron chi connectivity index (χ1n) is 22.4. The summed E-state index contributed by atoms with van der Waals surface area (Å²) in [6.45, 7) is 5.12. The molecule has 0 bridgehead atoms. The summed E-state index contributed by atoms with van der Waals surface area (Å²) in [4.78, 5) is 73.8. The van der Waals surface area contributed by atoms with E-state index in [4.69, 9.17) is 19.4 Å². The summed E-state index contributed by atoms with van der Waals surface area (Å²) < 4.78 is 9.78. The minimum absolute atomic E-state index is 0.148. The number of imidazole rings is 2. The van der Waals surface area contributed by atoms with Gasteiger partial charge in [-0.2, -0.15) is 0 Å². The van der Waals surface area contributed by atoms with Gasteiger partial charge >= 0.3 is 12.2 Å². The SMILES string of the molecule is COC(=O)N[C@@H](Cc1ccccc1)C(=O)N1C[Si](C)(C)C[C@H]1c1ncc(-c2ccc(-c3ccc4c(ccc5[nH]c([C@@H]6CCCN6C(=O)[C@H](Cc6ccccc6)NC(=O)OC)nc54)c3)cc2)[nH]1. The minimum atomic E-state index is -1.82. The summed E-state index contributed by atoms with van der Waals surface area (Å²) in [7, 11) is 0.784. The number of amides is 4. The third kappa shape index (κ3) is 9.29. The highest BCUT2D eigenvalue weighted by Crippen LogP contribution is 2.39. The number of ether oxygens (including phenoxy) is 2. The van der Waals surface area contributed by atoms with Gasteiger partial charge in [0.1, 0.15) is 23.7 Å². The molecule has 0 unspecified atom stereocenters. The smallest absolute Gasteiger partial charge is 0.407 e. The van der Waals surface area contributed by atoms with Gasteiger partial charge in [0.05, 0.1) is 57.3 Å². The van der Waals surface area contributed by atoms with E-state index in [0.29, 0.717) is 25.6 Å². The van der Waals surface area contributed by atoms with Gasteiger partial charge in [0.25, 0.3) is 0 Å². The second-order valence-corrected chi connectivity index (χ2v) is 23.1. The Bertz CT molecular complexity index is 2880. The van der Waals surface area contributed by atoms with Gasteiger partial charge in [0.15, 0.2) is 0 Å². The zero-order valence-electron chi connectivity index (χ0n) is 37.5. The lowest BCUT2D eigenvalue weighted by Crippen LogP contribution is -2.50. The summed E-state index contributed by atoms with van der Waals surface area (Å²) in [5, 5.41) is 7.60. The molecule has 14 nitrogen and oxygen atoms in total. The van der Waals surface area contributed by atoms with Gasteiger partial charge < -0.3 is 39.9 Å². The molecule has 0 aliphatic carbocycles. The summed E-state index contributed by atoms with van der Waals surface area (Å²) in [5.41, 5.74) is 7.55. The van der Waals surface area contributed by atoms with Crippen LogP contribution in [-0.4, -0.2) is 101 Å². The largest absolute Gasteiger partial charge is 0.453 e. The van der Waals surface area contributed by atoms with Crippen LogP contribution in [0.15, 0.2) is 121 Å². The predicted molar refractivity (Wildman–Crippen MR) is 256 cm³/mol. The van der Waals surface area contributed by atoms with Gasteiger partial charge in [0.2, 0.25) is 11.8 Å². The van der Waals surface area contributed by atoms with Crippen LogP contribution in [0.25, 0.3) is 44.2 Å². The molecule has 0 spiro atoms. The monoisotopic (exact) mass is 902 g/mol. The average Bonchev–Trinajstić information content (AvgIpc) is 4.17. The highest BCUT2D eigenvalue weighted by atomic mass is 28.3. The Morgan fingerprint density at radius 3 is 1.95 bits per heavy atom. The molecule has 4 amide bonds. The van der Waals surface area contributed by atoms with Gasteiger partial charge in [-0.05, 0) is 64.2 Å². The van der Waals surface area contributed by atoms with Crippen molar-refractivity contribution in [3.05, 3.63) is 144 Å². The van der Waals surface area contributed by atoms with Crippen LogP contribution in [0.4, 0.5) is 9.59 Å². The van der Waals surface area contributed by atoms with Crippen LogP contribution in [0.1, 0.15) is 47.7 Å². The summed E-state index contributed by atoms with van der Waals surface area (Å²) in [6.07, 6.45) is 3.46. The first-order valence-corrected chi connectivity index (χ1v) is 25.8. The molecule has 66 heavy (non-hydrogen) atoms. The van der Waals surface area contributed by atoms with Crippen LogP contribution >= 0.6 is 0 Å². The van der Waals surface area contributed by atoms with Crippen molar-refractivity contribution in [2.24, 2.45) is 0 Å². The van der Waals surface area contributed by atoms with Crippen LogP contribution in [0.3, 0.4) is 0 Å². The highest BCUT2D eigenvalue weighted by molar-refractivity contribution is 6.78. The molecule has 2 aromatic heterocycles. The second kappa shape index (κ2) is 18.7. The number of benzene rings is 5. The van der Waals surface area contributed by atoms with Crippen molar-refractivity contribution in [3.8, 4) is 22.4 Å². The molecule has 0 saturated carbocycles. The van der Waals surface area contributed by atoms with E-state index >= 15 is 0 Å². The van der Waals surface area contributed by atoms with Crippen LogP contribution < -0.4 is 10.6 Å². The molecule has 2 saturated heterocycles. The predicted octanol–water partition coefficient (Wildman–Crippen LogP) is 8.50. The number of nitrogens with one attached hydrogen (secondary N) is 4. The van der Waals surface area contributed by atoms with E-state index in [0.717, 1.165) is 85.9 Å². The number of rotatable bonds is 12. The van der Waals surface area contributed by atoms with E-state index in [1.807, 2.05) is 82.7 Å². The fraction of sp³-hybridized carbons (Fsp3) is 0.294. The lowest BCUT2D eigenvalue weighted by atomic mass is 9.99. The zero-order valence-corrected chi connectivity index (χ0v) is 38.5. The topological polar surface area (TPSA) is 175 Å². The van der Waals surface area contributed by atoms with E-state index in [9.17, 15) is 19.2 Å². The number of aromatic amines is 2. The number of hydrogen-bond acceptors (Lipinski definition) is 8. The van der Waals surface area contributed by atoms with Gasteiger partial charge in [-0.3, -0.25) is 9.59 Å². The molecule has 4 N–H and O–H groups in total. The molecule has 338 valence electrons. The number of carbonyl (C=O) groups excluding carboxylic acids is 4. The number of nitrogens with zero attached hydrogens (tertiary/aromatic N) is 4. The van der Waals surface area contributed by atoms with Crippen LogP contribution in [0.2, 0.25) is 19.1 Å². The molecule has 9 rings (SSSR count). The Morgan fingerprint density at radius 1 is 0.712 bits per heavy atom. The molecule has 7 aromatic rings. The number of hydrogen-bond donors (Lipinski definition) is 4. The Balaban J connectivity index is 0.913. The number of carbonyl (C=O) groups is 4. The van der Waals surface area contributed by atoms with E-state index in [-0.39, 0.29) is 23.9 Å². The summed E-state index contributed by atoms with van der Waals surface area (Å²) in [6, 6.07) is 36.9. The first kappa shape index (κ1) is 44.0. The van der Waals surface area contributed by atoms with E-state index in [1.54, 1.807) is 0 Å². The Labute approximate surface area is 384 Å². The van der Waals surface area contributed by atoms with Gasteiger partial charge in [-0.1, -0.05) is 116 Å². The van der Waals surface area contributed by atoms with E-state index in [2.05, 4.69) is 82.2 Å². The molecule has 4 atom stereocenters. The molecule has 4 heterocycles. The number of H-pyrrole nitrogens is 2. The molecule has 2 aliphatic heterocycles. The first-order chi connectivity index (χ1) is 32.0. The average molecular weight is 903 g/mol. The van der Waals surface area contributed by atoms with E-state index < -0.39 is 32.3 Å². The van der Waals surface area contributed by atoms with Gasteiger partial charge in [-0.25, -0.2) is 19.6 Å². The summed E-state index contributed by atoms with van der Waals surface area (Å²) in [5.74, 6) is 1.14. The van der Waals surface area contributed by atoms with Crippen LogP contribution in [0, 0.1) is 0 Å². The van der Waals surface area contributed by atoms with Crippen molar-refractivity contribution in [2.45, 2.75) is 69.0 Å². The lowest BCUT2D eigenvalue weighted by Gasteiger charge is -2.29. The van der Waals surface area contributed by atoms with Crippen LogP contribution in [-0.2, 0) is 31.9 Å². The van der Waals surface area contributed by atoms with Crippen molar-refractivity contribution in [3.63, 3.8) is 0 Å². The van der Waals surface area contributed by atoms with Crippen molar-refractivity contribution < 1.29 is 28.7 Å². The number of aromatic nitrogens is 4. The van der Waals surface area contributed by atoms with Gasteiger partial charge in [0, 0.05) is 30.9 Å². The van der Waals surface area contributed by atoms with Crippen molar-refractivity contribution in [1.29, 1.82) is 0 Å². The van der Waals surface area contributed by atoms with Crippen molar-refractivity contribution >= 4 is 53.9 Å². The second-order valence-electron chi connectivity index (χ2n) is 18.1. The Morgan fingerprint density at radius 2 is 1.32 bits per heavy atom. The Kier molecular flexibility index (Phi) is 12.4. The Hall–Kier alpha value is -7.26. The fourth-order valence-corrected chi connectivity index (χ4v) is 12.5. The third-order valence-electron chi connectivity index (χ3n) is 12.9. The van der Waals surface area contributed by atoms with Crippen molar-refractivity contribution in [2.75, 3.05) is 26.9 Å². The lowest BCUT2D eigenvalue weighted by molar-refractivity contribution is -0.135. The molecule has 5 aromatic carbocycles. The molecular weight excluding hydrogens is 849 g/mol. The maximum Gasteiger partial charge on any atom is 0.407 e. The number of fused-ring (bicyclic) bond motifs is 3. The fourth-order valence-electron chi connectivity index (χ4n) is 9.62. The maximum atomic E-state index is 14.3. The standard InChI is InChI=1S/C51H54N8O6Si/c1-64-50(62)55-40(26-32-12-7-5-8-13-32)48(60)58-25-11-16-43(58)47-53-39-24-22-37-28-36(21-23-38(37)45(39)57-47)34-17-19-35(20-18-34)42-29-52-46(54-42)44-30-66(3,4)31-59(44)49(61)41(56-51(63)65-2)27-33-14-9-6-10-15-33/h5-10,12-15,17-24,28-29,40-41,43-44H,11,16,25-27,30-31H2,1-4H3,(H,52,54)(H,53,57)(H,55,62)(H,56,63)/t40-,41-,43-,44-/m0/s1. The zero-order chi connectivity index (χ0) is 46.0. The quantitative estimate of drug-likeness (QED) is 0.0884. The third-order valence-corrected chi connectivity index (χ3v) is 15.6. The molecule has 2 fully saturated rings. The van der Waals surface area contributed by atoms with Gasteiger partial charge in [-0.15, -0.1) is 0 Å². The molecular formula is C51H54N8O6Si. The minimum Gasteiger partial charge on any atom is -0.453 e. The molecule has 2 aliphatic rings. The number of likely N-dealkylation sites (tertiary alicyclic amines) is 1. The van der Waals surface area contributed by atoms with Crippen molar-refractivity contribution in [1.82, 2.24) is 40.4 Å². The molecule has 15 heteroatoms. The number of alkyl carbamates (subject to hydrolysis) is 2. The van der Waals surface area contributed by atoms with Crippen LogP contribution in [0.5, 0.6) is 0 Å². The molecule has 0 radical (unpaired) electrons. The maximum absolute atomic E-state index is 14.3. The van der Waals surface area contributed by atoms with E-state index in [1.165, 1.54) is 14.2 Å². The number of methoxy groups -OCH3 is 2. The normalized spacial score (nSPS) is 17.7.